The molecule has 0 fully saturated rings. The monoisotopic (exact) mass is 379 g/mol. The van der Waals surface area contributed by atoms with E-state index >= 15 is 0 Å². The highest BCUT2D eigenvalue weighted by Crippen LogP contribution is 2.20. The molecule has 8 heteroatoms. The van der Waals surface area contributed by atoms with Crippen molar-refractivity contribution in [2.45, 2.75) is 32.6 Å². The summed E-state index contributed by atoms with van der Waals surface area (Å²) < 4.78 is 16.6. The Morgan fingerprint density at radius 2 is 1.75 bits per heavy atom. The van der Waals surface area contributed by atoms with Gasteiger partial charge >= 0.3 is 0 Å². The van der Waals surface area contributed by atoms with Crippen LogP contribution in [0, 0.1) is 5.82 Å². The Kier molecular flexibility index (Phi) is 4.54. The minimum Gasteiger partial charge on any atom is -0.368 e. The highest BCUT2D eigenvalue weighted by atomic mass is 19.1. The van der Waals surface area contributed by atoms with E-state index in [-0.39, 0.29) is 11.2 Å². The Labute approximate surface area is 162 Å². The van der Waals surface area contributed by atoms with Crippen molar-refractivity contribution < 1.29 is 4.39 Å². The van der Waals surface area contributed by atoms with Crippen LogP contribution in [0.3, 0.4) is 0 Å². The van der Waals surface area contributed by atoms with Crippen molar-refractivity contribution in [3.8, 4) is 5.69 Å². The van der Waals surface area contributed by atoms with Crippen LogP contribution in [-0.4, -0.2) is 36.1 Å². The van der Waals surface area contributed by atoms with Gasteiger partial charge in [-0.2, -0.15) is 9.61 Å². The molecule has 3 aromatic heterocycles. The number of nitrogens with one attached hydrogen (secondary N) is 1. The van der Waals surface area contributed by atoms with Crippen LogP contribution in [0.1, 0.15) is 32.3 Å². The zero-order valence-electron chi connectivity index (χ0n) is 16.1. The fraction of sp³-hybridized carbons (Fsp3) is 0.300. The molecule has 0 radical (unpaired) electrons. The minimum absolute atomic E-state index is 0.141. The number of fused-ring (bicyclic) bond motifs is 1. The molecule has 0 bridgehead atoms. The van der Waals surface area contributed by atoms with Crippen molar-refractivity contribution in [2.75, 3.05) is 11.9 Å². The van der Waals surface area contributed by atoms with Crippen molar-refractivity contribution in [1.29, 1.82) is 0 Å². The highest BCUT2D eigenvalue weighted by Gasteiger charge is 2.21. The summed E-state index contributed by atoms with van der Waals surface area (Å²) in [7, 11) is 0. The normalized spacial score (nSPS) is 11.9. The predicted octanol–water partition coefficient (Wildman–Crippen LogP) is 3.40. The highest BCUT2D eigenvalue weighted by molar-refractivity contribution is 5.44. The standard InChI is InChI=1S/C20H22FN7/c1-20(2,3)19-24-23-18-9-8-17(26-28(18)19)22-12-10-15-11-13-27(25-15)16-6-4-14(21)5-7-16/h4-9,11,13H,10,12H2,1-3H3,(H,22,26). The van der Waals surface area contributed by atoms with Gasteiger partial charge in [0.25, 0.3) is 0 Å². The number of anilines is 1. The van der Waals surface area contributed by atoms with Gasteiger partial charge in [0.1, 0.15) is 11.6 Å². The first-order valence-corrected chi connectivity index (χ1v) is 9.17. The largest absolute Gasteiger partial charge is 0.368 e. The molecule has 1 N–H and O–H groups in total. The fourth-order valence-corrected chi connectivity index (χ4v) is 2.90. The Morgan fingerprint density at radius 3 is 2.50 bits per heavy atom. The lowest BCUT2D eigenvalue weighted by atomic mass is 9.96. The molecule has 0 aliphatic rings. The van der Waals surface area contributed by atoms with Crippen LogP contribution < -0.4 is 5.32 Å². The van der Waals surface area contributed by atoms with Gasteiger partial charge in [-0.3, -0.25) is 0 Å². The maximum atomic E-state index is 13.0. The number of hydrogen-bond acceptors (Lipinski definition) is 5. The molecule has 0 unspecified atom stereocenters. The Hall–Kier alpha value is -3.29. The van der Waals surface area contributed by atoms with Crippen LogP contribution in [0.15, 0.2) is 48.7 Å². The zero-order chi connectivity index (χ0) is 19.7. The lowest BCUT2D eigenvalue weighted by molar-refractivity contribution is 0.527. The molecule has 0 aliphatic heterocycles. The maximum absolute atomic E-state index is 13.0. The molecule has 0 saturated heterocycles. The molecule has 0 saturated carbocycles. The van der Waals surface area contributed by atoms with Gasteiger partial charge in [0.15, 0.2) is 11.5 Å². The van der Waals surface area contributed by atoms with E-state index in [2.05, 4.69) is 46.5 Å². The number of benzene rings is 1. The second-order valence-electron chi connectivity index (χ2n) is 7.67. The summed E-state index contributed by atoms with van der Waals surface area (Å²) in [5, 5.41) is 20.9. The predicted molar refractivity (Wildman–Crippen MR) is 105 cm³/mol. The number of aromatic nitrogens is 6. The van der Waals surface area contributed by atoms with Gasteiger partial charge in [-0.25, -0.2) is 9.07 Å². The first-order valence-electron chi connectivity index (χ1n) is 9.17. The maximum Gasteiger partial charge on any atom is 0.178 e. The quantitative estimate of drug-likeness (QED) is 0.575. The Balaban J connectivity index is 1.42. The molecule has 144 valence electrons. The topological polar surface area (TPSA) is 72.9 Å². The van der Waals surface area contributed by atoms with Crippen LogP contribution >= 0.6 is 0 Å². The molecule has 0 aliphatic carbocycles. The van der Waals surface area contributed by atoms with Crippen molar-refractivity contribution >= 4 is 11.5 Å². The lowest BCUT2D eigenvalue weighted by Crippen LogP contribution is -2.18. The Bertz CT molecular complexity index is 1090. The fourth-order valence-electron chi connectivity index (χ4n) is 2.90. The van der Waals surface area contributed by atoms with Crippen LogP contribution in [0.2, 0.25) is 0 Å². The van der Waals surface area contributed by atoms with Gasteiger partial charge in [-0.1, -0.05) is 20.8 Å². The van der Waals surface area contributed by atoms with Crippen molar-refractivity contribution in [2.24, 2.45) is 0 Å². The van der Waals surface area contributed by atoms with Crippen LogP contribution in [0.25, 0.3) is 11.3 Å². The Morgan fingerprint density at radius 1 is 0.964 bits per heavy atom. The van der Waals surface area contributed by atoms with Gasteiger partial charge in [0, 0.05) is 24.6 Å². The van der Waals surface area contributed by atoms with Crippen LogP contribution in [0.5, 0.6) is 0 Å². The first kappa shape index (κ1) is 18.1. The molecule has 0 atom stereocenters. The molecule has 7 nitrogen and oxygen atoms in total. The molecule has 4 aromatic rings. The van der Waals surface area contributed by atoms with E-state index in [0.29, 0.717) is 6.54 Å². The summed E-state index contributed by atoms with van der Waals surface area (Å²) in [5.74, 6) is 1.33. The molecule has 0 amide bonds. The third-order valence-electron chi connectivity index (χ3n) is 4.36. The number of rotatable bonds is 5. The minimum atomic E-state index is -0.257. The van der Waals surface area contributed by atoms with Gasteiger partial charge in [0.2, 0.25) is 0 Å². The van der Waals surface area contributed by atoms with Crippen molar-refractivity contribution in [1.82, 2.24) is 29.6 Å². The van der Waals surface area contributed by atoms with Gasteiger partial charge < -0.3 is 5.32 Å². The second kappa shape index (κ2) is 7.03. The van der Waals surface area contributed by atoms with Crippen molar-refractivity contribution in [3.05, 3.63) is 66.0 Å². The van der Waals surface area contributed by atoms with Gasteiger partial charge in [-0.15, -0.1) is 15.3 Å². The summed E-state index contributed by atoms with van der Waals surface area (Å²) >= 11 is 0. The molecular weight excluding hydrogens is 357 g/mol. The van der Waals surface area contributed by atoms with Crippen LogP contribution in [0.4, 0.5) is 10.2 Å². The average molecular weight is 379 g/mol. The summed E-state index contributed by atoms with van der Waals surface area (Å²) in [4.78, 5) is 0. The summed E-state index contributed by atoms with van der Waals surface area (Å²) in [6, 6.07) is 12.0. The van der Waals surface area contributed by atoms with Gasteiger partial charge in [0.05, 0.1) is 11.4 Å². The number of halogens is 1. The van der Waals surface area contributed by atoms with Gasteiger partial charge in [-0.05, 0) is 42.5 Å². The average Bonchev–Trinajstić information content (AvgIpc) is 3.28. The summed E-state index contributed by atoms with van der Waals surface area (Å²) in [5.41, 5.74) is 2.36. The van der Waals surface area contributed by atoms with E-state index in [1.807, 2.05) is 24.4 Å². The lowest BCUT2D eigenvalue weighted by Gasteiger charge is -2.15. The molecule has 0 spiro atoms. The summed E-state index contributed by atoms with van der Waals surface area (Å²) in [6.45, 7) is 6.94. The number of hydrogen-bond donors (Lipinski definition) is 1. The van der Waals surface area contributed by atoms with E-state index in [1.165, 1.54) is 12.1 Å². The molecule has 28 heavy (non-hydrogen) atoms. The molecular formula is C20H22FN7. The third-order valence-corrected chi connectivity index (χ3v) is 4.36. The van der Waals surface area contributed by atoms with Crippen molar-refractivity contribution in [3.63, 3.8) is 0 Å². The van der Waals surface area contributed by atoms with E-state index in [4.69, 9.17) is 0 Å². The molecule has 1 aromatic carbocycles. The van der Waals surface area contributed by atoms with E-state index in [1.54, 1.807) is 21.3 Å². The zero-order valence-corrected chi connectivity index (χ0v) is 16.1. The molecule has 3 heterocycles. The molecule has 4 rings (SSSR count). The third kappa shape index (κ3) is 3.71. The SMILES string of the molecule is CC(C)(C)c1nnc2ccc(NCCc3ccn(-c4ccc(F)cc4)n3)nn12. The van der Waals surface area contributed by atoms with E-state index < -0.39 is 0 Å². The van der Waals surface area contributed by atoms with E-state index in [0.717, 1.165) is 35.1 Å². The summed E-state index contributed by atoms with van der Waals surface area (Å²) in [6.07, 6.45) is 2.61. The van der Waals surface area contributed by atoms with E-state index in [9.17, 15) is 4.39 Å². The van der Waals surface area contributed by atoms with Crippen LogP contribution in [-0.2, 0) is 11.8 Å². The smallest absolute Gasteiger partial charge is 0.178 e. The number of nitrogens with zero attached hydrogens (tertiary/aromatic N) is 6. The first-order chi connectivity index (χ1) is 13.4. The second-order valence-corrected chi connectivity index (χ2v) is 7.67.